The second-order valence-electron chi connectivity index (χ2n) is 2.60. The van der Waals surface area contributed by atoms with Crippen molar-refractivity contribution in [2.45, 2.75) is 13.0 Å². The van der Waals surface area contributed by atoms with Crippen molar-refractivity contribution in [3.8, 4) is 0 Å². The van der Waals surface area contributed by atoms with E-state index in [1.165, 1.54) is 11.3 Å². The lowest BCUT2D eigenvalue weighted by atomic mass is 10.4. The minimum atomic E-state index is 0.953. The summed E-state index contributed by atoms with van der Waals surface area (Å²) >= 11 is 1.70. The Morgan fingerprint density at radius 3 is 3.08 bits per heavy atom. The van der Waals surface area contributed by atoms with Gasteiger partial charge in [0.15, 0.2) is 0 Å². The summed E-state index contributed by atoms with van der Waals surface area (Å²) in [5.74, 6) is 0. The van der Waals surface area contributed by atoms with E-state index in [1.807, 2.05) is 18.8 Å². The molecule has 0 radical (unpaired) electrons. The summed E-state index contributed by atoms with van der Waals surface area (Å²) in [6.07, 6.45) is 3.09. The molecule has 0 amide bonds. The molecule has 0 bridgehead atoms. The lowest BCUT2D eigenvalue weighted by Crippen LogP contribution is -2.18. The van der Waals surface area contributed by atoms with E-state index in [9.17, 15) is 0 Å². The minimum absolute atomic E-state index is 0.953. The predicted octanol–water partition coefficient (Wildman–Crippen LogP) is 0.842. The molecule has 1 rings (SSSR count). The average Bonchev–Trinajstić information content (AvgIpc) is 2.57. The van der Waals surface area contributed by atoms with Gasteiger partial charge in [-0.25, -0.2) is 0 Å². The van der Waals surface area contributed by atoms with Crippen molar-refractivity contribution >= 4 is 11.3 Å². The van der Waals surface area contributed by atoms with Gasteiger partial charge in [0.2, 0.25) is 0 Å². The molecular weight excluding hydrogens is 170 g/mol. The maximum absolute atomic E-state index is 4.00. The maximum atomic E-state index is 4.00. The van der Waals surface area contributed by atoms with E-state index in [2.05, 4.69) is 15.6 Å². The van der Waals surface area contributed by atoms with Crippen LogP contribution in [-0.4, -0.2) is 25.1 Å². The van der Waals surface area contributed by atoms with E-state index in [-0.39, 0.29) is 0 Å². The predicted molar refractivity (Wildman–Crippen MR) is 52.4 cm³/mol. The molecule has 1 heterocycles. The third-order valence-corrected chi connectivity index (χ3v) is 2.34. The number of nitrogens with one attached hydrogen (secondary N) is 2. The van der Waals surface area contributed by atoms with Crippen LogP contribution in [0.15, 0.2) is 11.7 Å². The molecule has 1 aromatic rings. The van der Waals surface area contributed by atoms with Gasteiger partial charge in [0, 0.05) is 17.6 Å². The van der Waals surface area contributed by atoms with E-state index < -0.39 is 0 Å². The van der Waals surface area contributed by atoms with Gasteiger partial charge >= 0.3 is 0 Å². The SMILES string of the molecule is CNCCCNCc1cncs1. The van der Waals surface area contributed by atoms with Crippen molar-refractivity contribution in [3.05, 3.63) is 16.6 Å². The van der Waals surface area contributed by atoms with Crippen LogP contribution in [0.3, 0.4) is 0 Å². The fraction of sp³-hybridized carbons (Fsp3) is 0.625. The second kappa shape index (κ2) is 6.11. The zero-order chi connectivity index (χ0) is 8.65. The van der Waals surface area contributed by atoms with Crippen LogP contribution in [0.25, 0.3) is 0 Å². The molecule has 3 nitrogen and oxygen atoms in total. The average molecular weight is 185 g/mol. The van der Waals surface area contributed by atoms with Crippen molar-refractivity contribution < 1.29 is 0 Å². The van der Waals surface area contributed by atoms with Gasteiger partial charge in [-0.05, 0) is 26.6 Å². The molecule has 0 aliphatic rings. The highest BCUT2D eigenvalue weighted by atomic mass is 32.1. The van der Waals surface area contributed by atoms with Crippen LogP contribution in [-0.2, 0) is 6.54 Å². The molecule has 0 spiro atoms. The van der Waals surface area contributed by atoms with Gasteiger partial charge in [0.1, 0.15) is 0 Å². The first-order valence-corrected chi connectivity index (χ1v) is 5.04. The van der Waals surface area contributed by atoms with E-state index in [0.717, 1.165) is 19.6 Å². The Labute approximate surface area is 77.2 Å². The molecule has 4 heteroatoms. The molecule has 0 aromatic carbocycles. The zero-order valence-electron chi connectivity index (χ0n) is 7.34. The summed E-state index contributed by atoms with van der Waals surface area (Å²) in [6.45, 7) is 3.10. The van der Waals surface area contributed by atoms with Crippen LogP contribution >= 0.6 is 11.3 Å². The lowest BCUT2D eigenvalue weighted by molar-refractivity contribution is 0.628. The number of hydrogen-bond donors (Lipinski definition) is 2. The van der Waals surface area contributed by atoms with Gasteiger partial charge in [-0.3, -0.25) is 4.98 Å². The fourth-order valence-corrected chi connectivity index (χ4v) is 1.50. The Morgan fingerprint density at radius 2 is 2.42 bits per heavy atom. The molecule has 0 aliphatic heterocycles. The van der Waals surface area contributed by atoms with E-state index in [0.29, 0.717) is 0 Å². The monoisotopic (exact) mass is 185 g/mol. The summed E-state index contributed by atoms with van der Waals surface area (Å²) in [5.41, 5.74) is 1.87. The van der Waals surface area contributed by atoms with Crippen molar-refractivity contribution in [1.82, 2.24) is 15.6 Å². The molecule has 0 saturated heterocycles. The normalized spacial score (nSPS) is 10.4. The summed E-state index contributed by atoms with van der Waals surface area (Å²) in [4.78, 5) is 5.31. The Kier molecular flexibility index (Phi) is 4.91. The van der Waals surface area contributed by atoms with Gasteiger partial charge in [-0.2, -0.15) is 0 Å². The smallest absolute Gasteiger partial charge is 0.0794 e. The molecule has 2 N–H and O–H groups in total. The molecule has 12 heavy (non-hydrogen) atoms. The maximum Gasteiger partial charge on any atom is 0.0794 e. The third kappa shape index (κ3) is 3.80. The Hall–Kier alpha value is -0.450. The van der Waals surface area contributed by atoms with Crippen molar-refractivity contribution in [2.75, 3.05) is 20.1 Å². The van der Waals surface area contributed by atoms with Crippen molar-refractivity contribution in [1.29, 1.82) is 0 Å². The quantitative estimate of drug-likeness (QED) is 0.645. The topological polar surface area (TPSA) is 37.0 Å². The Bertz CT molecular complexity index is 186. The van der Waals surface area contributed by atoms with Crippen molar-refractivity contribution in [2.24, 2.45) is 0 Å². The second-order valence-corrected chi connectivity index (χ2v) is 3.57. The molecule has 0 aliphatic carbocycles. The first-order valence-electron chi connectivity index (χ1n) is 4.16. The summed E-state index contributed by atoms with van der Waals surface area (Å²) in [5, 5.41) is 6.46. The highest BCUT2D eigenvalue weighted by Gasteiger charge is 1.92. The van der Waals surface area contributed by atoms with Gasteiger partial charge in [-0.15, -0.1) is 11.3 Å². The van der Waals surface area contributed by atoms with Crippen LogP contribution in [0.1, 0.15) is 11.3 Å². The first kappa shape index (κ1) is 9.64. The highest BCUT2D eigenvalue weighted by molar-refractivity contribution is 7.09. The van der Waals surface area contributed by atoms with Crippen LogP contribution in [0, 0.1) is 0 Å². The highest BCUT2D eigenvalue weighted by Crippen LogP contribution is 2.03. The number of nitrogens with zero attached hydrogens (tertiary/aromatic N) is 1. The lowest BCUT2D eigenvalue weighted by Gasteiger charge is -2.01. The number of hydrogen-bond acceptors (Lipinski definition) is 4. The van der Waals surface area contributed by atoms with Crippen molar-refractivity contribution in [3.63, 3.8) is 0 Å². The van der Waals surface area contributed by atoms with Crippen LogP contribution in [0.5, 0.6) is 0 Å². The largest absolute Gasteiger partial charge is 0.320 e. The first-order chi connectivity index (χ1) is 5.93. The van der Waals surface area contributed by atoms with Crippen LogP contribution in [0.2, 0.25) is 0 Å². The van der Waals surface area contributed by atoms with Crippen LogP contribution < -0.4 is 10.6 Å². The standard InChI is InChI=1S/C8H15N3S/c1-9-3-2-4-10-5-8-6-11-7-12-8/h6-7,9-10H,2-5H2,1H3. The van der Waals surface area contributed by atoms with E-state index in [1.54, 1.807) is 11.3 Å². The molecule has 0 fully saturated rings. The number of rotatable bonds is 6. The van der Waals surface area contributed by atoms with Gasteiger partial charge in [0.05, 0.1) is 5.51 Å². The molecule has 0 atom stereocenters. The van der Waals surface area contributed by atoms with Gasteiger partial charge in [-0.1, -0.05) is 0 Å². The minimum Gasteiger partial charge on any atom is -0.320 e. The Morgan fingerprint density at radius 1 is 1.50 bits per heavy atom. The fourth-order valence-electron chi connectivity index (χ4n) is 0.931. The van der Waals surface area contributed by atoms with Gasteiger partial charge in [0.25, 0.3) is 0 Å². The summed E-state index contributed by atoms with van der Waals surface area (Å²) < 4.78 is 0. The number of aromatic nitrogens is 1. The van der Waals surface area contributed by atoms with E-state index >= 15 is 0 Å². The number of thiazole rings is 1. The summed E-state index contributed by atoms with van der Waals surface area (Å²) in [7, 11) is 1.98. The molecule has 1 aromatic heterocycles. The molecule has 0 saturated carbocycles. The molecule has 0 unspecified atom stereocenters. The molecule has 68 valence electrons. The van der Waals surface area contributed by atoms with Gasteiger partial charge < -0.3 is 10.6 Å². The Balaban J connectivity index is 1.96. The van der Waals surface area contributed by atoms with Crippen LogP contribution in [0.4, 0.5) is 0 Å². The van der Waals surface area contributed by atoms with E-state index in [4.69, 9.17) is 0 Å². The summed E-state index contributed by atoms with van der Waals surface area (Å²) in [6, 6.07) is 0. The molecular formula is C8H15N3S. The zero-order valence-corrected chi connectivity index (χ0v) is 8.16. The third-order valence-electron chi connectivity index (χ3n) is 1.56.